The van der Waals surface area contributed by atoms with Gasteiger partial charge in [-0.15, -0.1) is 0 Å². The molecule has 3 atom stereocenters. The molecule has 0 spiro atoms. The molecule has 2 amide bonds. The van der Waals surface area contributed by atoms with E-state index >= 15 is 0 Å². The van der Waals surface area contributed by atoms with Crippen molar-refractivity contribution in [3.05, 3.63) is 0 Å². The van der Waals surface area contributed by atoms with Crippen molar-refractivity contribution in [3.63, 3.8) is 0 Å². The van der Waals surface area contributed by atoms with Crippen LogP contribution in [0.25, 0.3) is 0 Å². The van der Waals surface area contributed by atoms with Gasteiger partial charge in [-0.05, 0) is 25.7 Å². The highest BCUT2D eigenvalue weighted by atomic mass is 19.4. The van der Waals surface area contributed by atoms with E-state index in [-0.39, 0.29) is 24.8 Å². The average Bonchev–Trinajstić information content (AvgIpc) is 2.27. The molecule has 1 rings (SSSR count). The number of alkyl halides is 3. The number of hydrogen-bond donors (Lipinski definition) is 2. The zero-order valence-corrected chi connectivity index (χ0v) is 11.2. The Kier molecular flexibility index (Phi) is 4.81. The van der Waals surface area contributed by atoms with Gasteiger partial charge in [-0.1, -0.05) is 13.8 Å². The Hall–Kier alpha value is -1.27. The van der Waals surface area contributed by atoms with Crippen LogP contribution in [-0.4, -0.2) is 30.1 Å². The number of piperidine rings is 1. The maximum atomic E-state index is 12.4. The first-order valence-electron chi connectivity index (χ1n) is 6.30. The van der Waals surface area contributed by atoms with Crippen LogP contribution < -0.4 is 10.6 Å². The molecule has 19 heavy (non-hydrogen) atoms. The Morgan fingerprint density at radius 2 is 1.89 bits per heavy atom. The molecule has 4 nitrogen and oxygen atoms in total. The van der Waals surface area contributed by atoms with E-state index in [1.807, 2.05) is 19.2 Å². The summed E-state index contributed by atoms with van der Waals surface area (Å²) in [5, 5.41) is 4.52. The standard InChI is InChI=1S/C12H19F3N2O2/c1-6(2)7(3)16-10(18)8-4-5-9(12(13,14)15)17-11(8)19/h6-9H,4-5H2,1-3H3,(H,16,18)(H,17,19)/t7-,8-,9-/m0/s1. The SMILES string of the molecule is CC(C)[C@H](C)NC(=O)[C@@H]1CC[C@@H](C(F)(F)F)NC1=O. The van der Waals surface area contributed by atoms with Crippen molar-refractivity contribution in [2.75, 3.05) is 0 Å². The molecule has 1 heterocycles. The number of carbonyl (C=O) groups excluding carboxylic acids is 2. The second-order valence-corrected chi connectivity index (χ2v) is 5.27. The fourth-order valence-electron chi connectivity index (χ4n) is 1.80. The Morgan fingerprint density at radius 1 is 1.32 bits per heavy atom. The summed E-state index contributed by atoms with van der Waals surface area (Å²) in [7, 11) is 0. The summed E-state index contributed by atoms with van der Waals surface area (Å²) in [4.78, 5) is 23.4. The molecule has 110 valence electrons. The van der Waals surface area contributed by atoms with Gasteiger partial charge in [0.25, 0.3) is 0 Å². The highest BCUT2D eigenvalue weighted by molar-refractivity contribution is 6.01. The van der Waals surface area contributed by atoms with E-state index in [0.717, 1.165) is 0 Å². The molecule has 1 aliphatic rings. The molecule has 0 unspecified atom stereocenters. The third-order valence-corrected chi connectivity index (χ3v) is 3.46. The van der Waals surface area contributed by atoms with Crippen LogP contribution >= 0.6 is 0 Å². The second kappa shape index (κ2) is 5.79. The summed E-state index contributed by atoms with van der Waals surface area (Å²) in [6, 6.07) is -1.97. The zero-order valence-electron chi connectivity index (χ0n) is 11.2. The number of rotatable bonds is 3. The first kappa shape index (κ1) is 15.8. The third kappa shape index (κ3) is 4.11. The van der Waals surface area contributed by atoms with Crippen molar-refractivity contribution in [1.29, 1.82) is 0 Å². The Morgan fingerprint density at radius 3 is 2.32 bits per heavy atom. The van der Waals surface area contributed by atoms with Crippen molar-refractivity contribution in [2.24, 2.45) is 11.8 Å². The highest BCUT2D eigenvalue weighted by Crippen LogP contribution is 2.28. The molecule has 0 radical (unpaired) electrons. The predicted octanol–water partition coefficient (Wildman–Crippen LogP) is 1.60. The lowest BCUT2D eigenvalue weighted by Crippen LogP contribution is -2.55. The van der Waals surface area contributed by atoms with Gasteiger partial charge in [-0.25, -0.2) is 0 Å². The maximum absolute atomic E-state index is 12.4. The molecule has 1 saturated heterocycles. The third-order valence-electron chi connectivity index (χ3n) is 3.46. The molecular formula is C12H19F3N2O2. The molecule has 7 heteroatoms. The van der Waals surface area contributed by atoms with Crippen molar-refractivity contribution in [1.82, 2.24) is 10.6 Å². The topological polar surface area (TPSA) is 58.2 Å². The largest absolute Gasteiger partial charge is 0.408 e. The summed E-state index contributed by atoms with van der Waals surface area (Å²) in [5.41, 5.74) is 0. The Bertz CT molecular complexity index is 355. The molecule has 0 aromatic carbocycles. The lowest BCUT2D eigenvalue weighted by Gasteiger charge is -2.30. The van der Waals surface area contributed by atoms with Gasteiger partial charge < -0.3 is 10.6 Å². The van der Waals surface area contributed by atoms with E-state index < -0.39 is 30.0 Å². The van der Waals surface area contributed by atoms with Crippen LogP contribution in [0.4, 0.5) is 13.2 Å². The van der Waals surface area contributed by atoms with Crippen LogP contribution in [0.5, 0.6) is 0 Å². The number of halogens is 3. The quantitative estimate of drug-likeness (QED) is 0.772. The molecule has 0 aliphatic carbocycles. The summed E-state index contributed by atoms with van der Waals surface area (Å²) < 4.78 is 37.3. The van der Waals surface area contributed by atoms with E-state index in [9.17, 15) is 22.8 Å². The van der Waals surface area contributed by atoms with Gasteiger partial charge in [0.2, 0.25) is 11.8 Å². The van der Waals surface area contributed by atoms with Crippen LogP contribution in [-0.2, 0) is 9.59 Å². The highest BCUT2D eigenvalue weighted by Gasteiger charge is 2.45. The summed E-state index contributed by atoms with van der Waals surface area (Å²) in [6.45, 7) is 5.61. The second-order valence-electron chi connectivity index (χ2n) is 5.27. The van der Waals surface area contributed by atoms with Gasteiger partial charge in [0, 0.05) is 6.04 Å². The van der Waals surface area contributed by atoms with Gasteiger partial charge in [-0.2, -0.15) is 13.2 Å². The number of amides is 2. The molecule has 0 aromatic rings. The van der Waals surface area contributed by atoms with Crippen LogP contribution in [0.15, 0.2) is 0 Å². The lowest BCUT2D eigenvalue weighted by atomic mass is 9.92. The van der Waals surface area contributed by atoms with Gasteiger partial charge in [0.1, 0.15) is 12.0 Å². The smallest absolute Gasteiger partial charge is 0.353 e. The molecule has 0 bridgehead atoms. The lowest BCUT2D eigenvalue weighted by molar-refractivity contribution is -0.171. The number of nitrogens with one attached hydrogen (secondary N) is 2. The van der Waals surface area contributed by atoms with E-state index in [4.69, 9.17) is 0 Å². The van der Waals surface area contributed by atoms with E-state index in [0.29, 0.717) is 0 Å². The van der Waals surface area contributed by atoms with E-state index in [1.165, 1.54) is 0 Å². The molecule has 2 N–H and O–H groups in total. The van der Waals surface area contributed by atoms with Crippen molar-refractivity contribution in [3.8, 4) is 0 Å². The summed E-state index contributed by atoms with van der Waals surface area (Å²) >= 11 is 0. The van der Waals surface area contributed by atoms with Crippen LogP contribution in [0, 0.1) is 11.8 Å². The molecule has 1 fully saturated rings. The Balaban J connectivity index is 2.59. The number of carbonyl (C=O) groups is 2. The maximum Gasteiger partial charge on any atom is 0.408 e. The van der Waals surface area contributed by atoms with Crippen LogP contribution in [0.3, 0.4) is 0 Å². The number of hydrogen-bond acceptors (Lipinski definition) is 2. The minimum atomic E-state index is -4.46. The van der Waals surface area contributed by atoms with Crippen LogP contribution in [0.2, 0.25) is 0 Å². The monoisotopic (exact) mass is 280 g/mol. The average molecular weight is 280 g/mol. The fourth-order valence-corrected chi connectivity index (χ4v) is 1.80. The fraction of sp³-hybridized carbons (Fsp3) is 0.833. The first-order valence-corrected chi connectivity index (χ1v) is 6.30. The predicted molar refractivity (Wildman–Crippen MR) is 63.2 cm³/mol. The minimum absolute atomic E-state index is 0.0767. The molecule has 0 saturated carbocycles. The first-order chi connectivity index (χ1) is 8.62. The van der Waals surface area contributed by atoms with Crippen molar-refractivity contribution < 1.29 is 22.8 Å². The van der Waals surface area contributed by atoms with Gasteiger partial charge >= 0.3 is 6.18 Å². The van der Waals surface area contributed by atoms with Crippen LogP contribution in [0.1, 0.15) is 33.6 Å². The summed E-state index contributed by atoms with van der Waals surface area (Å²) in [5.74, 6) is -2.18. The Labute approximate surface area is 110 Å². The van der Waals surface area contributed by atoms with Crippen molar-refractivity contribution in [2.45, 2.75) is 51.9 Å². The summed E-state index contributed by atoms with van der Waals surface area (Å²) in [6.07, 6.45) is -4.79. The zero-order chi connectivity index (χ0) is 14.8. The molecule has 1 aliphatic heterocycles. The van der Waals surface area contributed by atoms with E-state index in [1.54, 1.807) is 6.92 Å². The minimum Gasteiger partial charge on any atom is -0.353 e. The van der Waals surface area contributed by atoms with Gasteiger partial charge in [0.05, 0.1) is 0 Å². The van der Waals surface area contributed by atoms with Gasteiger partial charge in [-0.3, -0.25) is 9.59 Å². The molecule has 0 aromatic heterocycles. The van der Waals surface area contributed by atoms with Crippen molar-refractivity contribution >= 4 is 11.8 Å². The molecular weight excluding hydrogens is 261 g/mol. The normalized spacial score (nSPS) is 25.9. The van der Waals surface area contributed by atoms with E-state index in [2.05, 4.69) is 5.32 Å². The van der Waals surface area contributed by atoms with Gasteiger partial charge in [0.15, 0.2) is 0 Å².